The number of likely N-dealkylation sites (tertiary alicyclic amines) is 1. The third kappa shape index (κ3) is 4.36. The molecule has 25 heavy (non-hydrogen) atoms. The summed E-state index contributed by atoms with van der Waals surface area (Å²) in [6.07, 6.45) is 3.41. The topological polar surface area (TPSA) is 58.2 Å². The van der Waals surface area contributed by atoms with E-state index in [0.29, 0.717) is 6.54 Å². The van der Waals surface area contributed by atoms with Gasteiger partial charge in [0.1, 0.15) is 11.4 Å². The number of ether oxygens (including phenoxy) is 1. The average Bonchev–Trinajstić information content (AvgIpc) is 3.16. The Balaban J connectivity index is 1.81. The van der Waals surface area contributed by atoms with Crippen molar-refractivity contribution in [2.24, 2.45) is 0 Å². The van der Waals surface area contributed by atoms with E-state index in [1.807, 2.05) is 39.1 Å². The van der Waals surface area contributed by atoms with Gasteiger partial charge in [0.05, 0.1) is 17.9 Å². The molecule has 0 radical (unpaired) electrons. The zero-order valence-electron chi connectivity index (χ0n) is 14.5. The van der Waals surface area contributed by atoms with E-state index in [4.69, 9.17) is 4.74 Å². The smallest absolute Gasteiger partial charge is 0.410 e. The summed E-state index contributed by atoms with van der Waals surface area (Å²) in [7, 11) is 0. The number of carbonyl (C=O) groups is 1. The summed E-state index contributed by atoms with van der Waals surface area (Å²) in [5.41, 5.74) is 1.54. The lowest BCUT2D eigenvalue weighted by Crippen LogP contribution is -2.36. The van der Waals surface area contributed by atoms with Gasteiger partial charge < -0.3 is 9.72 Å². The number of imidazole rings is 1. The van der Waals surface area contributed by atoms with Gasteiger partial charge >= 0.3 is 6.09 Å². The Morgan fingerprint density at radius 1 is 1.44 bits per heavy atom. The molecule has 2 aromatic rings. The van der Waals surface area contributed by atoms with E-state index in [1.54, 1.807) is 4.90 Å². The van der Waals surface area contributed by atoms with Crippen molar-refractivity contribution in [1.29, 1.82) is 0 Å². The molecule has 1 aliphatic rings. The molecule has 0 aliphatic carbocycles. The summed E-state index contributed by atoms with van der Waals surface area (Å²) in [5, 5.41) is 0. The van der Waals surface area contributed by atoms with Crippen molar-refractivity contribution in [1.82, 2.24) is 14.9 Å². The standard InChI is InChI=1S/C18H21BrIN3O2/c1-18(2,3)25-17(24)23-8-4-5-15(23)16-21-10-14(22-16)11-6-7-12(19)13(20)9-11/h6-7,9-10,15H,4-5,8H2,1-3H3,(H,21,22). The van der Waals surface area contributed by atoms with Crippen LogP contribution in [0.3, 0.4) is 0 Å². The number of hydrogen-bond donors (Lipinski definition) is 1. The summed E-state index contributed by atoms with van der Waals surface area (Å²) in [6.45, 7) is 6.36. The Kier molecular flexibility index (Phi) is 5.43. The largest absolute Gasteiger partial charge is 0.444 e. The molecule has 0 saturated carbocycles. The quantitative estimate of drug-likeness (QED) is 0.534. The van der Waals surface area contributed by atoms with Crippen molar-refractivity contribution in [2.75, 3.05) is 6.54 Å². The number of hydrogen-bond acceptors (Lipinski definition) is 3. The highest BCUT2D eigenvalue weighted by atomic mass is 127. The number of amides is 1. The van der Waals surface area contributed by atoms with Crippen molar-refractivity contribution in [2.45, 2.75) is 45.3 Å². The number of carbonyl (C=O) groups excluding carboxylic acids is 1. The Hall–Kier alpha value is -1.09. The number of nitrogens with zero attached hydrogens (tertiary/aromatic N) is 2. The van der Waals surface area contributed by atoms with Crippen LogP contribution in [-0.2, 0) is 4.74 Å². The molecule has 1 aromatic heterocycles. The number of rotatable bonds is 2. The number of nitrogens with one attached hydrogen (secondary N) is 1. The summed E-state index contributed by atoms with van der Waals surface area (Å²) >= 11 is 5.81. The monoisotopic (exact) mass is 517 g/mol. The highest BCUT2D eigenvalue weighted by molar-refractivity contribution is 14.1. The molecule has 7 heteroatoms. The van der Waals surface area contributed by atoms with E-state index in [2.05, 4.69) is 54.6 Å². The van der Waals surface area contributed by atoms with Gasteiger partial charge in [0.25, 0.3) is 0 Å². The van der Waals surface area contributed by atoms with E-state index in [1.165, 1.54) is 0 Å². The zero-order valence-corrected chi connectivity index (χ0v) is 18.2. The molecule has 1 fully saturated rings. The maximum absolute atomic E-state index is 12.5. The third-order valence-electron chi connectivity index (χ3n) is 4.02. The van der Waals surface area contributed by atoms with Crippen LogP contribution in [0.4, 0.5) is 4.79 Å². The fraction of sp³-hybridized carbons (Fsp3) is 0.444. The SMILES string of the molecule is CC(C)(C)OC(=O)N1CCCC1c1ncc(-c2ccc(Br)c(I)c2)[nH]1. The van der Waals surface area contributed by atoms with Crippen LogP contribution >= 0.6 is 38.5 Å². The minimum Gasteiger partial charge on any atom is -0.444 e. The fourth-order valence-electron chi connectivity index (χ4n) is 2.91. The van der Waals surface area contributed by atoms with Crippen LogP contribution in [0.25, 0.3) is 11.3 Å². The van der Waals surface area contributed by atoms with Crippen LogP contribution in [0.5, 0.6) is 0 Å². The van der Waals surface area contributed by atoms with Gasteiger partial charge in [0.15, 0.2) is 0 Å². The molecule has 1 amide bonds. The van der Waals surface area contributed by atoms with Crippen LogP contribution < -0.4 is 0 Å². The molecular weight excluding hydrogens is 497 g/mol. The Morgan fingerprint density at radius 3 is 2.88 bits per heavy atom. The van der Waals surface area contributed by atoms with Crippen molar-refractivity contribution in [3.63, 3.8) is 0 Å². The maximum atomic E-state index is 12.5. The molecular formula is C18H21BrIN3O2. The van der Waals surface area contributed by atoms with Gasteiger partial charge in [-0.1, -0.05) is 6.07 Å². The summed E-state index contributed by atoms with van der Waals surface area (Å²) < 4.78 is 7.75. The number of halogens is 2. The maximum Gasteiger partial charge on any atom is 0.410 e. The number of aromatic nitrogens is 2. The van der Waals surface area contributed by atoms with Gasteiger partial charge in [-0.25, -0.2) is 9.78 Å². The van der Waals surface area contributed by atoms with Gasteiger partial charge in [-0.2, -0.15) is 0 Å². The normalized spacial score (nSPS) is 17.8. The van der Waals surface area contributed by atoms with E-state index in [9.17, 15) is 4.79 Å². The molecule has 2 heterocycles. The molecule has 1 atom stereocenters. The van der Waals surface area contributed by atoms with Gasteiger partial charge in [-0.15, -0.1) is 0 Å². The molecule has 1 aromatic carbocycles. The summed E-state index contributed by atoms with van der Waals surface area (Å²) in [4.78, 5) is 22.2. The van der Waals surface area contributed by atoms with Crippen LogP contribution in [0.15, 0.2) is 28.9 Å². The first-order valence-electron chi connectivity index (χ1n) is 8.24. The van der Waals surface area contributed by atoms with Gasteiger partial charge in [-0.05, 0) is 84.3 Å². The van der Waals surface area contributed by atoms with E-state index in [-0.39, 0.29) is 12.1 Å². The summed E-state index contributed by atoms with van der Waals surface area (Å²) in [5.74, 6) is 0.816. The second-order valence-electron chi connectivity index (χ2n) is 7.14. The lowest BCUT2D eigenvalue weighted by Gasteiger charge is -2.27. The van der Waals surface area contributed by atoms with Crippen molar-refractivity contribution >= 4 is 44.6 Å². The van der Waals surface area contributed by atoms with Gasteiger partial charge in [0.2, 0.25) is 0 Å². The van der Waals surface area contributed by atoms with Crippen molar-refractivity contribution in [3.8, 4) is 11.3 Å². The minimum atomic E-state index is -0.493. The van der Waals surface area contributed by atoms with Crippen LogP contribution in [-0.4, -0.2) is 33.1 Å². The lowest BCUT2D eigenvalue weighted by atomic mass is 10.2. The van der Waals surface area contributed by atoms with Crippen LogP contribution in [0.1, 0.15) is 45.5 Å². The fourth-order valence-corrected chi connectivity index (χ4v) is 3.67. The van der Waals surface area contributed by atoms with Gasteiger partial charge in [-0.3, -0.25) is 4.90 Å². The summed E-state index contributed by atoms with van der Waals surface area (Å²) in [6, 6.07) is 6.12. The highest BCUT2D eigenvalue weighted by Gasteiger charge is 2.34. The predicted octanol–water partition coefficient (Wildman–Crippen LogP) is 5.52. The Labute approximate surface area is 169 Å². The zero-order chi connectivity index (χ0) is 18.2. The molecule has 1 N–H and O–H groups in total. The van der Waals surface area contributed by atoms with Crippen molar-refractivity contribution in [3.05, 3.63) is 38.3 Å². The first kappa shape index (κ1) is 18.7. The first-order valence-corrected chi connectivity index (χ1v) is 10.1. The predicted molar refractivity (Wildman–Crippen MR) is 109 cm³/mol. The highest BCUT2D eigenvalue weighted by Crippen LogP contribution is 2.33. The molecule has 0 bridgehead atoms. The van der Waals surface area contributed by atoms with Crippen LogP contribution in [0.2, 0.25) is 0 Å². The number of aromatic amines is 1. The lowest BCUT2D eigenvalue weighted by molar-refractivity contribution is 0.0219. The minimum absolute atomic E-state index is 0.0573. The molecule has 1 aliphatic heterocycles. The van der Waals surface area contributed by atoms with Gasteiger partial charge in [0, 0.05) is 20.2 Å². The second kappa shape index (κ2) is 7.26. The first-order chi connectivity index (χ1) is 11.7. The van der Waals surface area contributed by atoms with E-state index >= 15 is 0 Å². The average molecular weight is 518 g/mol. The molecule has 3 rings (SSSR count). The Morgan fingerprint density at radius 2 is 2.20 bits per heavy atom. The second-order valence-corrected chi connectivity index (χ2v) is 9.16. The third-order valence-corrected chi connectivity index (χ3v) is 6.35. The van der Waals surface area contributed by atoms with E-state index in [0.717, 1.165) is 38.0 Å². The number of benzene rings is 1. The molecule has 1 saturated heterocycles. The molecule has 1 unspecified atom stereocenters. The molecule has 0 spiro atoms. The number of H-pyrrole nitrogens is 1. The molecule has 134 valence electrons. The van der Waals surface area contributed by atoms with E-state index < -0.39 is 5.60 Å². The van der Waals surface area contributed by atoms with Crippen LogP contribution in [0, 0.1) is 3.57 Å². The van der Waals surface area contributed by atoms with Crippen molar-refractivity contribution < 1.29 is 9.53 Å². The Bertz CT molecular complexity index is 785. The molecule has 5 nitrogen and oxygen atoms in total.